The van der Waals surface area contributed by atoms with Gasteiger partial charge in [-0.25, -0.2) is 8.42 Å². The van der Waals surface area contributed by atoms with Crippen molar-refractivity contribution in [1.29, 1.82) is 0 Å². The highest BCUT2D eigenvalue weighted by Crippen LogP contribution is 2.37. The second-order valence-electron chi connectivity index (χ2n) is 12.2. The zero-order valence-electron chi connectivity index (χ0n) is 26.6. The van der Waals surface area contributed by atoms with E-state index in [1.165, 1.54) is 41.3 Å². The van der Waals surface area contributed by atoms with Gasteiger partial charge in [0.15, 0.2) is 0 Å². The van der Waals surface area contributed by atoms with Gasteiger partial charge in [-0.15, -0.1) is 0 Å². The van der Waals surface area contributed by atoms with Crippen LogP contribution in [0.3, 0.4) is 0 Å². The average Bonchev–Trinajstić information content (AvgIpc) is 3.03. The van der Waals surface area contributed by atoms with Crippen molar-refractivity contribution in [3.63, 3.8) is 0 Å². The van der Waals surface area contributed by atoms with Crippen molar-refractivity contribution >= 4 is 62.3 Å². The van der Waals surface area contributed by atoms with Crippen LogP contribution in [0.1, 0.15) is 37.5 Å². The number of hydrogen-bond acceptors (Lipinski definition) is 4. The van der Waals surface area contributed by atoms with Gasteiger partial charge in [0.2, 0.25) is 11.8 Å². The van der Waals surface area contributed by atoms with Crippen molar-refractivity contribution in [1.82, 2.24) is 10.2 Å². The van der Waals surface area contributed by atoms with Gasteiger partial charge in [0, 0.05) is 18.5 Å². The maximum Gasteiger partial charge on any atom is 0.416 e. The minimum Gasteiger partial charge on any atom is -0.350 e. The standard InChI is InChI=1S/C35H33Cl3F3N3O4S/c1-34(2,3)42-33(46)31(19-23-10-6-4-7-11-23)43(21-24-14-16-27(36)29(38)18-24)32(45)22-44(49(47,48)26-12-8-5-9-13-26)30-20-25(35(39,40)41)15-17-28(30)37/h4-18,20,31H,19,21-22H2,1-3H3,(H,42,46). The Labute approximate surface area is 298 Å². The van der Waals surface area contributed by atoms with Crippen LogP contribution in [0.4, 0.5) is 18.9 Å². The first kappa shape index (κ1) is 38.0. The van der Waals surface area contributed by atoms with Crippen LogP contribution in [-0.4, -0.2) is 43.3 Å². The van der Waals surface area contributed by atoms with Gasteiger partial charge in [0.1, 0.15) is 12.6 Å². The number of carbonyl (C=O) groups is 2. The number of benzene rings is 4. The lowest BCUT2D eigenvalue weighted by Gasteiger charge is -2.35. The first-order chi connectivity index (χ1) is 22.9. The molecule has 0 fully saturated rings. The average molecular weight is 755 g/mol. The molecule has 0 bridgehead atoms. The molecular weight excluding hydrogens is 722 g/mol. The number of halogens is 6. The van der Waals surface area contributed by atoms with Crippen molar-refractivity contribution in [3.8, 4) is 0 Å². The lowest BCUT2D eigenvalue weighted by molar-refractivity contribution is -0.140. The number of anilines is 1. The van der Waals surface area contributed by atoms with Crippen LogP contribution in [0, 0.1) is 0 Å². The summed E-state index contributed by atoms with van der Waals surface area (Å²) >= 11 is 18.8. The molecule has 0 saturated heterocycles. The number of hydrogen-bond donors (Lipinski definition) is 1. The van der Waals surface area contributed by atoms with Gasteiger partial charge in [-0.3, -0.25) is 13.9 Å². The third kappa shape index (κ3) is 9.91. The van der Waals surface area contributed by atoms with E-state index in [9.17, 15) is 31.2 Å². The monoisotopic (exact) mass is 753 g/mol. The molecule has 0 aliphatic rings. The summed E-state index contributed by atoms with van der Waals surface area (Å²) in [6.45, 7) is 4.05. The molecule has 0 aliphatic carbocycles. The van der Waals surface area contributed by atoms with E-state index in [4.69, 9.17) is 34.8 Å². The Hall–Kier alpha value is -3.77. The Balaban J connectivity index is 1.90. The summed E-state index contributed by atoms with van der Waals surface area (Å²) in [4.78, 5) is 29.4. The number of alkyl halides is 3. The fourth-order valence-electron chi connectivity index (χ4n) is 4.95. The molecule has 49 heavy (non-hydrogen) atoms. The molecule has 2 amide bonds. The molecular formula is C35H33Cl3F3N3O4S. The summed E-state index contributed by atoms with van der Waals surface area (Å²) in [5.74, 6) is -1.44. The van der Waals surface area contributed by atoms with E-state index < -0.39 is 57.4 Å². The topological polar surface area (TPSA) is 86.8 Å². The van der Waals surface area contributed by atoms with E-state index in [0.717, 1.165) is 6.07 Å². The Morgan fingerprint density at radius 3 is 1.94 bits per heavy atom. The van der Waals surface area contributed by atoms with Crippen molar-refractivity contribution in [2.45, 2.75) is 56.4 Å². The summed E-state index contributed by atoms with van der Waals surface area (Å²) in [6, 6.07) is 21.4. The summed E-state index contributed by atoms with van der Waals surface area (Å²) in [5, 5.41) is 2.97. The lowest BCUT2D eigenvalue weighted by atomic mass is 10.0. The van der Waals surface area contributed by atoms with E-state index in [1.54, 1.807) is 63.2 Å². The number of nitrogens with one attached hydrogen (secondary N) is 1. The van der Waals surface area contributed by atoms with E-state index in [0.29, 0.717) is 27.6 Å². The third-order valence-electron chi connectivity index (χ3n) is 7.26. The van der Waals surface area contributed by atoms with Gasteiger partial charge < -0.3 is 10.2 Å². The third-order valence-corrected chi connectivity index (χ3v) is 10.1. The fourth-order valence-corrected chi connectivity index (χ4v) is 6.99. The maximum atomic E-state index is 14.6. The molecule has 0 saturated carbocycles. The number of rotatable bonds is 11. The molecule has 1 N–H and O–H groups in total. The molecule has 1 unspecified atom stereocenters. The molecule has 0 radical (unpaired) electrons. The smallest absolute Gasteiger partial charge is 0.350 e. The lowest BCUT2D eigenvalue weighted by Crippen LogP contribution is -2.56. The summed E-state index contributed by atoms with van der Waals surface area (Å²) in [5.41, 5.74) is -1.32. The maximum absolute atomic E-state index is 14.6. The molecule has 14 heteroatoms. The van der Waals surface area contributed by atoms with Crippen LogP contribution in [0.25, 0.3) is 0 Å². The van der Waals surface area contributed by atoms with Gasteiger partial charge in [-0.1, -0.05) is 89.4 Å². The Morgan fingerprint density at radius 2 is 1.37 bits per heavy atom. The van der Waals surface area contributed by atoms with Crippen LogP contribution in [0.2, 0.25) is 15.1 Å². The van der Waals surface area contributed by atoms with Gasteiger partial charge in [-0.2, -0.15) is 13.2 Å². The highest BCUT2D eigenvalue weighted by atomic mass is 35.5. The zero-order valence-corrected chi connectivity index (χ0v) is 29.7. The van der Waals surface area contributed by atoms with Crippen molar-refractivity contribution < 1.29 is 31.2 Å². The second-order valence-corrected chi connectivity index (χ2v) is 15.3. The summed E-state index contributed by atoms with van der Waals surface area (Å²) < 4.78 is 70.4. The Bertz CT molecular complexity index is 1910. The van der Waals surface area contributed by atoms with Crippen molar-refractivity contribution in [3.05, 3.63) is 129 Å². The quantitative estimate of drug-likeness (QED) is 0.167. The summed E-state index contributed by atoms with van der Waals surface area (Å²) in [6.07, 6.45) is -4.83. The normalized spacial score (nSPS) is 12.7. The van der Waals surface area contributed by atoms with Crippen LogP contribution >= 0.6 is 34.8 Å². The number of nitrogens with zero attached hydrogens (tertiary/aromatic N) is 2. The molecule has 0 heterocycles. The molecule has 4 aromatic carbocycles. The highest BCUT2D eigenvalue weighted by Gasteiger charge is 2.38. The molecule has 4 rings (SSSR count). The molecule has 4 aromatic rings. The fraction of sp³-hybridized carbons (Fsp3) is 0.257. The van der Waals surface area contributed by atoms with Crippen LogP contribution in [0.15, 0.2) is 102 Å². The van der Waals surface area contributed by atoms with E-state index >= 15 is 0 Å². The van der Waals surface area contributed by atoms with E-state index in [1.807, 2.05) is 0 Å². The Morgan fingerprint density at radius 1 is 0.776 bits per heavy atom. The van der Waals surface area contributed by atoms with Crippen LogP contribution in [-0.2, 0) is 38.8 Å². The highest BCUT2D eigenvalue weighted by molar-refractivity contribution is 7.92. The first-order valence-corrected chi connectivity index (χ1v) is 17.5. The van der Waals surface area contributed by atoms with Gasteiger partial charge >= 0.3 is 6.18 Å². The van der Waals surface area contributed by atoms with Crippen molar-refractivity contribution in [2.24, 2.45) is 0 Å². The number of carbonyl (C=O) groups excluding carboxylic acids is 2. The zero-order chi connectivity index (χ0) is 36.1. The summed E-state index contributed by atoms with van der Waals surface area (Å²) in [7, 11) is -4.69. The molecule has 0 aliphatic heterocycles. The van der Waals surface area contributed by atoms with E-state index in [2.05, 4.69) is 5.32 Å². The Kier molecular flexibility index (Phi) is 12.0. The van der Waals surface area contributed by atoms with Crippen molar-refractivity contribution in [2.75, 3.05) is 10.8 Å². The SMILES string of the molecule is CC(C)(C)NC(=O)C(Cc1ccccc1)N(Cc1ccc(Cl)c(Cl)c1)C(=O)CN(c1cc(C(F)(F)F)ccc1Cl)S(=O)(=O)c1ccccc1. The minimum absolute atomic E-state index is 0.0194. The second kappa shape index (κ2) is 15.4. The van der Waals surface area contributed by atoms with Gasteiger partial charge in [0.25, 0.3) is 10.0 Å². The molecule has 0 spiro atoms. The van der Waals surface area contributed by atoms with Gasteiger partial charge in [0.05, 0.1) is 31.2 Å². The first-order valence-electron chi connectivity index (χ1n) is 14.9. The molecule has 260 valence electrons. The van der Waals surface area contributed by atoms with Crippen LogP contribution < -0.4 is 9.62 Å². The predicted octanol–water partition coefficient (Wildman–Crippen LogP) is 8.42. The molecule has 1 atom stereocenters. The van der Waals surface area contributed by atoms with E-state index in [-0.39, 0.29) is 32.9 Å². The van der Waals surface area contributed by atoms with Gasteiger partial charge in [-0.05, 0) is 74.4 Å². The number of amides is 2. The minimum atomic E-state index is -4.85. The number of sulfonamides is 1. The molecule has 0 aromatic heterocycles. The largest absolute Gasteiger partial charge is 0.416 e. The van der Waals surface area contributed by atoms with Crippen LogP contribution in [0.5, 0.6) is 0 Å². The molecule has 7 nitrogen and oxygen atoms in total. The predicted molar refractivity (Wildman–Crippen MR) is 186 cm³/mol.